The lowest BCUT2D eigenvalue weighted by atomic mass is 10.1. The Hall–Kier alpha value is -5.78. The van der Waals surface area contributed by atoms with E-state index in [1.54, 1.807) is 48.5 Å². The van der Waals surface area contributed by atoms with Crippen LogP contribution in [0.4, 0.5) is 0 Å². The highest BCUT2D eigenvalue weighted by atomic mass is 16.4. The molecule has 2 aromatic heterocycles. The summed E-state index contributed by atoms with van der Waals surface area (Å²) in [7, 11) is 0. The second kappa shape index (κ2) is 11.3. The molecular weight excluding hydrogens is 496 g/mol. The number of nitrogens with one attached hydrogen (secondary N) is 2. The summed E-state index contributed by atoms with van der Waals surface area (Å²) in [5, 5.41) is 25.9. The van der Waals surface area contributed by atoms with Gasteiger partial charge in [-0.15, -0.1) is 0 Å². The van der Waals surface area contributed by atoms with Crippen LogP contribution in [0.2, 0.25) is 0 Å². The fraction of sp³-hybridized carbons (Fsp3) is 0. The Labute approximate surface area is 213 Å². The molecule has 0 saturated carbocycles. The molecule has 4 rings (SSSR count). The number of hydrazone groups is 2. The molecule has 2 heterocycles. The van der Waals surface area contributed by atoms with Crippen molar-refractivity contribution in [3.05, 3.63) is 95.4 Å². The third-order valence-electron chi connectivity index (χ3n) is 5.02. The first kappa shape index (κ1) is 25.3. The summed E-state index contributed by atoms with van der Waals surface area (Å²) in [5.41, 5.74) is 4.89. The number of carboxylic acid groups (broad SMARTS) is 2. The van der Waals surface area contributed by atoms with Gasteiger partial charge in [0.1, 0.15) is 23.0 Å². The number of benzene rings is 2. The molecule has 0 spiro atoms. The predicted octanol–water partition coefficient (Wildman–Crippen LogP) is 3.20. The van der Waals surface area contributed by atoms with Crippen LogP contribution in [0.5, 0.6) is 0 Å². The summed E-state index contributed by atoms with van der Waals surface area (Å²) in [5.74, 6) is -3.46. The van der Waals surface area contributed by atoms with Gasteiger partial charge in [-0.1, -0.05) is 36.4 Å². The molecule has 2 amide bonds. The van der Waals surface area contributed by atoms with Crippen molar-refractivity contribution in [1.82, 2.24) is 10.9 Å². The third-order valence-corrected chi connectivity index (χ3v) is 5.02. The Bertz CT molecular complexity index is 1460. The molecule has 0 aliphatic heterocycles. The number of carboxylic acids is 2. The number of carbonyl (C=O) groups is 4. The monoisotopic (exact) mass is 514 g/mol. The number of carbonyl (C=O) groups excluding carboxylic acids is 2. The fourth-order valence-corrected chi connectivity index (χ4v) is 3.31. The van der Waals surface area contributed by atoms with Gasteiger partial charge in [0.15, 0.2) is 0 Å². The molecule has 38 heavy (non-hydrogen) atoms. The lowest BCUT2D eigenvalue weighted by molar-refractivity contribution is -0.139. The minimum absolute atomic E-state index is 0.0618. The normalized spacial score (nSPS) is 11.1. The molecule has 2 aromatic carbocycles. The maximum Gasteiger partial charge on any atom is 0.336 e. The second-order valence-electron chi connectivity index (χ2n) is 7.50. The minimum atomic E-state index is -1.11. The van der Waals surface area contributed by atoms with Crippen LogP contribution in [0.15, 0.2) is 91.8 Å². The first-order valence-electron chi connectivity index (χ1n) is 10.8. The predicted molar refractivity (Wildman–Crippen MR) is 134 cm³/mol. The fourth-order valence-electron chi connectivity index (χ4n) is 3.31. The van der Waals surface area contributed by atoms with Gasteiger partial charge in [-0.25, -0.2) is 20.4 Å². The molecule has 12 heteroatoms. The molecule has 0 atom stereocenters. The molecule has 4 aromatic rings. The molecular formula is C26H18N4O8. The summed E-state index contributed by atoms with van der Waals surface area (Å²) in [6.45, 7) is 0. The second-order valence-corrected chi connectivity index (χ2v) is 7.50. The maximum absolute atomic E-state index is 11.9. The molecule has 0 aliphatic carbocycles. The van der Waals surface area contributed by atoms with E-state index in [1.165, 1.54) is 24.3 Å². The van der Waals surface area contributed by atoms with Gasteiger partial charge in [0.05, 0.1) is 23.6 Å². The number of amides is 2. The van der Waals surface area contributed by atoms with Gasteiger partial charge < -0.3 is 19.0 Å². The SMILES string of the molecule is O=C(NN=Cc1ccc(-c2ccccc2C(=O)O)o1)C(=O)N/N=C\c1ccc(-c2ccccc2C(=O)O)o1. The van der Waals surface area contributed by atoms with Gasteiger partial charge in [-0.05, 0) is 36.4 Å². The molecule has 0 fully saturated rings. The van der Waals surface area contributed by atoms with Crippen molar-refractivity contribution in [3.63, 3.8) is 0 Å². The van der Waals surface area contributed by atoms with Gasteiger partial charge in [-0.3, -0.25) is 9.59 Å². The Kier molecular flexibility index (Phi) is 7.53. The Morgan fingerprint density at radius 3 is 1.39 bits per heavy atom. The van der Waals surface area contributed by atoms with Crippen LogP contribution in [0, 0.1) is 0 Å². The van der Waals surface area contributed by atoms with Crippen LogP contribution < -0.4 is 10.9 Å². The average molecular weight is 514 g/mol. The summed E-state index contributed by atoms with van der Waals surface area (Å²) < 4.78 is 11.1. The molecule has 4 N–H and O–H groups in total. The van der Waals surface area contributed by atoms with Crippen molar-refractivity contribution in [3.8, 4) is 22.6 Å². The van der Waals surface area contributed by atoms with Gasteiger partial charge in [0.2, 0.25) is 0 Å². The minimum Gasteiger partial charge on any atom is -0.478 e. The highest BCUT2D eigenvalue weighted by Gasteiger charge is 2.15. The zero-order valence-corrected chi connectivity index (χ0v) is 19.3. The molecule has 0 bridgehead atoms. The zero-order valence-electron chi connectivity index (χ0n) is 19.3. The van der Waals surface area contributed by atoms with Crippen molar-refractivity contribution in [1.29, 1.82) is 0 Å². The van der Waals surface area contributed by atoms with Crippen LogP contribution in [-0.2, 0) is 9.59 Å². The topological polar surface area (TPSA) is 184 Å². The van der Waals surface area contributed by atoms with Gasteiger partial charge >= 0.3 is 23.8 Å². The van der Waals surface area contributed by atoms with Crippen LogP contribution in [0.1, 0.15) is 32.2 Å². The van der Waals surface area contributed by atoms with Gasteiger partial charge in [-0.2, -0.15) is 10.2 Å². The largest absolute Gasteiger partial charge is 0.478 e. The van der Waals surface area contributed by atoms with Crippen molar-refractivity contribution >= 4 is 36.2 Å². The quantitative estimate of drug-likeness (QED) is 0.157. The maximum atomic E-state index is 11.9. The highest BCUT2D eigenvalue weighted by Crippen LogP contribution is 2.26. The lowest BCUT2D eigenvalue weighted by Gasteiger charge is -2.02. The standard InChI is InChI=1S/C26H18N4O8/c31-23(29-27-13-15-9-11-21(37-15)17-5-1-3-7-19(17)25(33)34)24(32)30-28-14-16-10-12-22(38-16)18-6-2-4-8-20(18)26(35)36/h1-14H,(H,29,31)(H,30,32)(H,33,34)(H,35,36)/b27-13-,28-14?. The summed E-state index contributed by atoms with van der Waals surface area (Å²) in [6.07, 6.45) is 2.28. The van der Waals surface area contributed by atoms with E-state index in [1.807, 2.05) is 10.9 Å². The molecule has 0 unspecified atom stereocenters. The first-order valence-corrected chi connectivity index (χ1v) is 10.8. The Morgan fingerprint density at radius 1 is 0.605 bits per heavy atom. The van der Waals surface area contributed by atoms with Crippen LogP contribution in [-0.4, -0.2) is 46.4 Å². The lowest BCUT2D eigenvalue weighted by Crippen LogP contribution is -2.35. The van der Waals surface area contributed by atoms with Crippen molar-refractivity contribution < 1.29 is 38.2 Å². The van der Waals surface area contributed by atoms with Crippen molar-refractivity contribution in [2.75, 3.05) is 0 Å². The summed E-state index contributed by atoms with van der Waals surface area (Å²) in [6, 6.07) is 18.7. The number of rotatable bonds is 8. The van der Waals surface area contributed by atoms with Crippen LogP contribution >= 0.6 is 0 Å². The summed E-state index contributed by atoms with van der Waals surface area (Å²) in [4.78, 5) is 46.6. The van der Waals surface area contributed by atoms with E-state index in [-0.39, 0.29) is 34.2 Å². The van der Waals surface area contributed by atoms with E-state index >= 15 is 0 Å². The number of furan rings is 2. The van der Waals surface area contributed by atoms with Gasteiger partial charge in [0, 0.05) is 11.1 Å². The van der Waals surface area contributed by atoms with Crippen molar-refractivity contribution in [2.24, 2.45) is 10.2 Å². The molecule has 12 nitrogen and oxygen atoms in total. The molecule has 0 radical (unpaired) electrons. The van der Waals surface area contributed by atoms with Crippen molar-refractivity contribution in [2.45, 2.75) is 0 Å². The van der Waals surface area contributed by atoms with E-state index in [2.05, 4.69) is 10.2 Å². The first-order chi connectivity index (χ1) is 18.3. The zero-order chi connectivity index (χ0) is 27.1. The van der Waals surface area contributed by atoms with E-state index in [0.717, 1.165) is 12.4 Å². The van der Waals surface area contributed by atoms with E-state index in [4.69, 9.17) is 8.83 Å². The van der Waals surface area contributed by atoms with Gasteiger partial charge in [0.25, 0.3) is 0 Å². The Balaban J connectivity index is 1.31. The van der Waals surface area contributed by atoms with Crippen LogP contribution in [0.3, 0.4) is 0 Å². The Morgan fingerprint density at radius 2 is 1.00 bits per heavy atom. The van der Waals surface area contributed by atoms with E-state index in [9.17, 15) is 29.4 Å². The van der Waals surface area contributed by atoms with Crippen LogP contribution in [0.25, 0.3) is 22.6 Å². The van der Waals surface area contributed by atoms with E-state index in [0.29, 0.717) is 11.1 Å². The third kappa shape index (κ3) is 5.88. The summed E-state index contributed by atoms with van der Waals surface area (Å²) >= 11 is 0. The molecule has 190 valence electrons. The molecule has 0 saturated heterocycles. The highest BCUT2D eigenvalue weighted by molar-refractivity contribution is 6.35. The smallest absolute Gasteiger partial charge is 0.336 e. The number of aromatic carboxylic acids is 2. The number of hydrogen-bond donors (Lipinski definition) is 4. The van der Waals surface area contributed by atoms with E-state index < -0.39 is 23.8 Å². The average Bonchev–Trinajstić information content (AvgIpc) is 3.58. The number of nitrogens with zero attached hydrogens (tertiary/aromatic N) is 2. The molecule has 0 aliphatic rings. The number of hydrogen-bond acceptors (Lipinski definition) is 8.